The van der Waals surface area contributed by atoms with Crippen LogP contribution >= 0.6 is 0 Å². The Morgan fingerprint density at radius 1 is 0.976 bits per heavy atom. The van der Waals surface area contributed by atoms with Crippen molar-refractivity contribution in [3.05, 3.63) is 35.9 Å². The molecule has 1 aliphatic heterocycles. The first-order chi connectivity index (χ1) is 19.6. The SMILES string of the molecule is CCCC(CCC)C(=O)CCCCN1CC=NC(CCCCC(=O)C(=O)C(C)(C)CC)C1=O.OCc1ccccc1. The molecule has 1 aromatic rings. The number of Topliss-reactive ketones (excluding diaryl/α,β-unsaturated/α-hetero) is 3. The number of unbranched alkanes of at least 4 members (excludes halogenated alkanes) is 2. The van der Waals surface area contributed by atoms with Gasteiger partial charge in [-0.2, -0.15) is 0 Å². The molecule has 7 heteroatoms. The number of aliphatic imine (C=N–C) groups is 1. The molecule has 1 heterocycles. The second-order valence-electron chi connectivity index (χ2n) is 11.7. The van der Waals surface area contributed by atoms with E-state index in [2.05, 4.69) is 18.8 Å². The molecule has 0 saturated carbocycles. The van der Waals surface area contributed by atoms with Crippen molar-refractivity contribution in [2.24, 2.45) is 16.3 Å². The Labute approximate surface area is 248 Å². The van der Waals surface area contributed by atoms with Crippen LogP contribution in [-0.2, 0) is 25.8 Å². The molecule has 0 fully saturated rings. The third-order valence-corrected chi connectivity index (χ3v) is 7.92. The number of benzene rings is 1. The highest BCUT2D eigenvalue weighted by molar-refractivity contribution is 6.38. The minimum Gasteiger partial charge on any atom is -0.392 e. The molecule has 1 aromatic carbocycles. The summed E-state index contributed by atoms with van der Waals surface area (Å²) >= 11 is 0. The average Bonchev–Trinajstić information content (AvgIpc) is 2.98. The molecule has 41 heavy (non-hydrogen) atoms. The van der Waals surface area contributed by atoms with Crippen LogP contribution in [0.5, 0.6) is 0 Å². The van der Waals surface area contributed by atoms with Gasteiger partial charge >= 0.3 is 0 Å². The average molecular weight is 571 g/mol. The van der Waals surface area contributed by atoms with Crippen LogP contribution in [0.4, 0.5) is 0 Å². The van der Waals surface area contributed by atoms with Crippen LogP contribution < -0.4 is 0 Å². The molecule has 0 aromatic heterocycles. The summed E-state index contributed by atoms with van der Waals surface area (Å²) in [7, 11) is 0. The molecule has 0 saturated heterocycles. The zero-order valence-electron chi connectivity index (χ0n) is 26.2. The second-order valence-corrected chi connectivity index (χ2v) is 11.7. The Bertz CT molecular complexity index is 951. The molecule has 2 rings (SSSR count). The molecule has 0 radical (unpaired) electrons. The number of nitrogens with zero attached hydrogens (tertiary/aromatic N) is 2. The van der Waals surface area contributed by atoms with Gasteiger partial charge in [0.15, 0.2) is 5.78 Å². The molecular weight excluding hydrogens is 516 g/mol. The normalized spacial score (nSPS) is 15.0. The predicted octanol–water partition coefficient (Wildman–Crippen LogP) is 6.54. The van der Waals surface area contributed by atoms with Crippen LogP contribution in [0.15, 0.2) is 35.3 Å². The van der Waals surface area contributed by atoms with Crippen molar-refractivity contribution in [1.29, 1.82) is 0 Å². The molecule has 230 valence electrons. The van der Waals surface area contributed by atoms with E-state index in [9.17, 15) is 19.2 Å². The van der Waals surface area contributed by atoms with Gasteiger partial charge < -0.3 is 10.0 Å². The second kappa shape index (κ2) is 20.2. The number of carbonyl (C=O) groups is 4. The number of aliphatic hydroxyl groups is 1. The van der Waals surface area contributed by atoms with Crippen LogP contribution in [0.3, 0.4) is 0 Å². The fourth-order valence-corrected chi connectivity index (χ4v) is 4.86. The van der Waals surface area contributed by atoms with Gasteiger partial charge in [0.1, 0.15) is 11.8 Å². The summed E-state index contributed by atoms with van der Waals surface area (Å²) in [6.45, 7) is 11.1. The summed E-state index contributed by atoms with van der Waals surface area (Å²) in [5.74, 6) is 0.00346. The standard InChI is InChI=1S/C27H46N2O4.C7H8O/c1-6-13-21(14-7-2)23(30)16-11-12-19-29-20-18-28-22(26(29)33)15-9-10-17-24(31)25(32)27(4,5)8-3;8-6-7-4-2-1-3-5-7/h18,21-22H,6-17,19-20H2,1-5H3;1-5,8H,6H2. The van der Waals surface area contributed by atoms with E-state index in [1.54, 1.807) is 6.21 Å². The van der Waals surface area contributed by atoms with Crippen LogP contribution in [0.1, 0.15) is 117 Å². The maximum atomic E-state index is 12.8. The number of amides is 1. The molecule has 1 amide bonds. The number of rotatable bonds is 19. The Hall–Kier alpha value is -2.67. The molecule has 7 nitrogen and oxygen atoms in total. The Morgan fingerprint density at radius 3 is 2.17 bits per heavy atom. The summed E-state index contributed by atoms with van der Waals surface area (Å²) in [6.07, 6.45) is 10.9. The van der Waals surface area contributed by atoms with Gasteiger partial charge in [-0.3, -0.25) is 24.2 Å². The number of carbonyl (C=O) groups excluding carboxylic acids is 4. The fraction of sp³-hybridized carbons (Fsp3) is 0.676. The topological polar surface area (TPSA) is 104 Å². The van der Waals surface area contributed by atoms with E-state index >= 15 is 0 Å². The van der Waals surface area contributed by atoms with Gasteiger partial charge in [-0.05, 0) is 50.5 Å². The van der Waals surface area contributed by atoms with Gasteiger partial charge in [-0.25, -0.2) is 0 Å². The third-order valence-electron chi connectivity index (χ3n) is 7.92. The summed E-state index contributed by atoms with van der Waals surface area (Å²) in [4.78, 5) is 55.8. The quantitative estimate of drug-likeness (QED) is 0.150. The fourth-order valence-electron chi connectivity index (χ4n) is 4.86. The maximum Gasteiger partial charge on any atom is 0.247 e. The smallest absolute Gasteiger partial charge is 0.247 e. The van der Waals surface area contributed by atoms with Gasteiger partial charge in [-0.15, -0.1) is 0 Å². The summed E-state index contributed by atoms with van der Waals surface area (Å²) in [5, 5.41) is 8.54. The van der Waals surface area contributed by atoms with Crippen molar-refractivity contribution in [2.45, 2.75) is 124 Å². The van der Waals surface area contributed by atoms with E-state index in [4.69, 9.17) is 5.11 Å². The Kier molecular flexibility index (Phi) is 18.0. The number of ketones is 3. The number of hydrogen-bond donors (Lipinski definition) is 1. The third kappa shape index (κ3) is 13.7. The van der Waals surface area contributed by atoms with E-state index in [1.165, 1.54) is 0 Å². The molecule has 0 bridgehead atoms. The Morgan fingerprint density at radius 2 is 1.61 bits per heavy atom. The van der Waals surface area contributed by atoms with E-state index in [0.717, 1.165) is 44.1 Å². The zero-order valence-corrected chi connectivity index (χ0v) is 26.2. The lowest BCUT2D eigenvalue weighted by atomic mass is 9.82. The first-order valence-electron chi connectivity index (χ1n) is 15.7. The van der Waals surface area contributed by atoms with Gasteiger partial charge in [0.25, 0.3) is 0 Å². The van der Waals surface area contributed by atoms with Crippen molar-refractivity contribution in [3.63, 3.8) is 0 Å². The minimum atomic E-state index is -0.598. The summed E-state index contributed by atoms with van der Waals surface area (Å²) < 4.78 is 0. The van der Waals surface area contributed by atoms with Crippen LogP contribution in [0.25, 0.3) is 0 Å². The van der Waals surface area contributed by atoms with Crippen molar-refractivity contribution >= 4 is 29.5 Å². The lowest BCUT2D eigenvalue weighted by Crippen LogP contribution is -2.43. The summed E-state index contributed by atoms with van der Waals surface area (Å²) in [5.41, 5.74) is 0.367. The van der Waals surface area contributed by atoms with Crippen molar-refractivity contribution in [3.8, 4) is 0 Å². The molecule has 0 aliphatic carbocycles. The van der Waals surface area contributed by atoms with Gasteiger partial charge in [0.05, 0.1) is 13.2 Å². The van der Waals surface area contributed by atoms with Crippen molar-refractivity contribution in [1.82, 2.24) is 4.90 Å². The highest BCUT2D eigenvalue weighted by Crippen LogP contribution is 2.23. The Balaban J connectivity index is 0.000000895. The molecular formula is C34H54N2O5. The molecule has 1 aliphatic rings. The van der Waals surface area contributed by atoms with E-state index in [1.807, 2.05) is 56.0 Å². The minimum absolute atomic E-state index is 0.0354. The molecule has 1 unspecified atom stereocenters. The molecule has 1 N–H and O–H groups in total. The van der Waals surface area contributed by atoms with Crippen molar-refractivity contribution in [2.75, 3.05) is 13.1 Å². The predicted molar refractivity (Wildman–Crippen MR) is 166 cm³/mol. The number of hydrogen-bond acceptors (Lipinski definition) is 6. The highest BCUT2D eigenvalue weighted by Gasteiger charge is 2.31. The van der Waals surface area contributed by atoms with Crippen LogP contribution in [-0.4, -0.2) is 58.6 Å². The van der Waals surface area contributed by atoms with E-state index in [-0.39, 0.29) is 36.4 Å². The van der Waals surface area contributed by atoms with Crippen LogP contribution in [0.2, 0.25) is 0 Å². The van der Waals surface area contributed by atoms with Crippen molar-refractivity contribution < 1.29 is 24.3 Å². The zero-order chi connectivity index (χ0) is 30.7. The monoisotopic (exact) mass is 570 g/mol. The van der Waals surface area contributed by atoms with E-state index in [0.29, 0.717) is 51.0 Å². The molecule has 1 atom stereocenters. The van der Waals surface area contributed by atoms with E-state index < -0.39 is 11.5 Å². The first kappa shape index (κ1) is 36.4. The van der Waals surface area contributed by atoms with Crippen LogP contribution in [0, 0.1) is 11.3 Å². The lowest BCUT2D eigenvalue weighted by molar-refractivity contribution is -0.141. The molecule has 0 spiro atoms. The summed E-state index contributed by atoms with van der Waals surface area (Å²) in [6, 6.07) is 9.13. The lowest BCUT2D eigenvalue weighted by Gasteiger charge is -2.28. The maximum absolute atomic E-state index is 12.8. The number of aliphatic hydroxyl groups excluding tert-OH is 1. The largest absolute Gasteiger partial charge is 0.392 e. The van der Waals surface area contributed by atoms with Gasteiger partial charge in [0.2, 0.25) is 11.7 Å². The first-order valence-corrected chi connectivity index (χ1v) is 15.7. The van der Waals surface area contributed by atoms with Gasteiger partial charge in [-0.1, -0.05) is 84.2 Å². The highest BCUT2D eigenvalue weighted by atomic mass is 16.3. The van der Waals surface area contributed by atoms with Gasteiger partial charge in [0, 0.05) is 36.9 Å².